The first kappa shape index (κ1) is 12.0. The molecule has 15 heavy (non-hydrogen) atoms. The second-order valence-electron chi connectivity index (χ2n) is 3.59. The summed E-state index contributed by atoms with van der Waals surface area (Å²) in [5.74, 6) is 0.286. The second kappa shape index (κ2) is 4.22. The molecule has 1 heterocycles. The quantitative estimate of drug-likeness (QED) is 0.823. The minimum Gasteiger partial charge on any atom is -0.337 e. The third kappa shape index (κ3) is 2.71. The molecule has 3 N–H and O–H groups in total. The lowest BCUT2D eigenvalue weighted by Gasteiger charge is -2.15. The molecule has 0 amide bonds. The standard InChI is InChI=1S/C9H14F3N3/c1-3-5(2)7(13)8-14-4-6(15-8)9(10,11)12/h4-5,7H,3,13H2,1-2H3,(H,14,15). The molecule has 0 bridgehead atoms. The van der Waals surface area contributed by atoms with Crippen LogP contribution < -0.4 is 5.73 Å². The molecule has 1 aromatic heterocycles. The van der Waals surface area contributed by atoms with Gasteiger partial charge in [0.25, 0.3) is 0 Å². The van der Waals surface area contributed by atoms with Crippen molar-refractivity contribution in [2.45, 2.75) is 32.5 Å². The topological polar surface area (TPSA) is 54.7 Å². The zero-order chi connectivity index (χ0) is 11.6. The number of alkyl halides is 3. The normalized spacial score (nSPS) is 16.4. The number of nitrogens with one attached hydrogen (secondary N) is 1. The van der Waals surface area contributed by atoms with E-state index in [1.807, 2.05) is 13.8 Å². The van der Waals surface area contributed by atoms with E-state index in [1.165, 1.54) is 0 Å². The van der Waals surface area contributed by atoms with E-state index < -0.39 is 17.9 Å². The number of halogens is 3. The Bertz CT molecular complexity index is 319. The summed E-state index contributed by atoms with van der Waals surface area (Å²) >= 11 is 0. The van der Waals surface area contributed by atoms with Gasteiger partial charge in [0.1, 0.15) is 11.5 Å². The molecule has 0 spiro atoms. The van der Waals surface area contributed by atoms with Crippen molar-refractivity contribution in [3.8, 4) is 0 Å². The van der Waals surface area contributed by atoms with Crippen LogP contribution in [-0.4, -0.2) is 9.97 Å². The summed E-state index contributed by atoms with van der Waals surface area (Å²) in [5, 5.41) is 0. The van der Waals surface area contributed by atoms with Crippen LogP contribution >= 0.6 is 0 Å². The summed E-state index contributed by atoms with van der Waals surface area (Å²) < 4.78 is 36.7. The highest BCUT2D eigenvalue weighted by atomic mass is 19.4. The number of H-pyrrole nitrogens is 1. The minimum atomic E-state index is -4.39. The summed E-state index contributed by atoms with van der Waals surface area (Å²) in [6.07, 6.45) is -2.82. The predicted molar refractivity (Wildman–Crippen MR) is 50.0 cm³/mol. The average Bonchev–Trinajstić information content (AvgIpc) is 2.63. The van der Waals surface area contributed by atoms with Crippen LogP contribution in [0.2, 0.25) is 0 Å². The van der Waals surface area contributed by atoms with Crippen molar-refractivity contribution in [3.05, 3.63) is 17.7 Å². The van der Waals surface area contributed by atoms with E-state index in [2.05, 4.69) is 9.97 Å². The fourth-order valence-electron chi connectivity index (χ4n) is 1.17. The molecule has 0 aliphatic heterocycles. The van der Waals surface area contributed by atoms with Crippen molar-refractivity contribution >= 4 is 0 Å². The Hall–Kier alpha value is -1.04. The van der Waals surface area contributed by atoms with Gasteiger partial charge in [-0.25, -0.2) is 4.98 Å². The van der Waals surface area contributed by atoms with Gasteiger partial charge in [-0.15, -0.1) is 0 Å². The van der Waals surface area contributed by atoms with Gasteiger partial charge in [-0.2, -0.15) is 13.2 Å². The molecule has 0 saturated heterocycles. The van der Waals surface area contributed by atoms with E-state index in [0.717, 1.165) is 12.6 Å². The van der Waals surface area contributed by atoms with Crippen molar-refractivity contribution < 1.29 is 13.2 Å². The number of imidazole rings is 1. The Kier molecular flexibility index (Phi) is 3.38. The second-order valence-corrected chi connectivity index (χ2v) is 3.59. The number of aromatic nitrogens is 2. The Morgan fingerprint density at radius 2 is 2.13 bits per heavy atom. The van der Waals surface area contributed by atoms with Crippen LogP contribution in [0.4, 0.5) is 13.2 Å². The van der Waals surface area contributed by atoms with Crippen LogP contribution in [0.1, 0.15) is 37.8 Å². The van der Waals surface area contributed by atoms with Gasteiger partial charge in [0, 0.05) is 0 Å². The number of hydrogen-bond donors (Lipinski definition) is 2. The van der Waals surface area contributed by atoms with E-state index in [1.54, 1.807) is 0 Å². The molecular weight excluding hydrogens is 207 g/mol. The lowest BCUT2D eigenvalue weighted by atomic mass is 10.00. The van der Waals surface area contributed by atoms with Crippen LogP contribution in [0.25, 0.3) is 0 Å². The van der Waals surface area contributed by atoms with Crippen LogP contribution in [0.15, 0.2) is 6.20 Å². The number of hydrogen-bond acceptors (Lipinski definition) is 2. The zero-order valence-electron chi connectivity index (χ0n) is 8.60. The van der Waals surface area contributed by atoms with Crippen LogP contribution in [0.3, 0.4) is 0 Å². The molecule has 0 aromatic carbocycles. The Labute approximate surface area is 85.9 Å². The van der Waals surface area contributed by atoms with E-state index in [0.29, 0.717) is 0 Å². The smallest absolute Gasteiger partial charge is 0.337 e. The van der Waals surface area contributed by atoms with Crippen LogP contribution in [-0.2, 0) is 6.18 Å². The molecular formula is C9H14F3N3. The van der Waals surface area contributed by atoms with E-state index in [4.69, 9.17) is 5.73 Å². The first-order valence-electron chi connectivity index (χ1n) is 4.74. The lowest BCUT2D eigenvalue weighted by Crippen LogP contribution is -2.20. The maximum atomic E-state index is 12.2. The first-order chi connectivity index (χ1) is 6.86. The summed E-state index contributed by atoms with van der Waals surface area (Å²) in [4.78, 5) is 5.86. The molecule has 1 aromatic rings. The van der Waals surface area contributed by atoms with Crippen LogP contribution in [0.5, 0.6) is 0 Å². The highest BCUT2D eigenvalue weighted by Crippen LogP contribution is 2.29. The zero-order valence-corrected chi connectivity index (χ0v) is 8.60. The maximum absolute atomic E-state index is 12.2. The number of aromatic amines is 1. The van der Waals surface area contributed by atoms with Crippen molar-refractivity contribution in [2.75, 3.05) is 0 Å². The summed E-state index contributed by atoms with van der Waals surface area (Å²) in [5.41, 5.74) is 4.89. The number of rotatable bonds is 3. The monoisotopic (exact) mass is 221 g/mol. The van der Waals surface area contributed by atoms with Gasteiger partial charge in [0.05, 0.1) is 12.2 Å². The molecule has 0 aliphatic rings. The Morgan fingerprint density at radius 1 is 1.53 bits per heavy atom. The molecule has 2 atom stereocenters. The largest absolute Gasteiger partial charge is 0.432 e. The van der Waals surface area contributed by atoms with Gasteiger partial charge in [-0.1, -0.05) is 20.3 Å². The highest BCUT2D eigenvalue weighted by molar-refractivity contribution is 5.08. The van der Waals surface area contributed by atoms with Gasteiger partial charge in [0.15, 0.2) is 0 Å². The third-order valence-electron chi connectivity index (χ3n) is 2.47. The fraction of sp³-hybridized carbons (Fsp3) is 0.667. The summed E-state index contributed by atoms with van der Waals surface area (Å²) in [7, 11) is 0. The predicted octanol–water partition coefficient (Wildman–Crippen LogP) is 2.47. The molecule has 0 fully saturated rings. The molecule has 2 unspecified atom stereocenters. The SMILES string of the molecule is CCC(C)C(N)c1ncc(C(F)(F)F)[nH]1. The number of nitrogens with two attached hydrogens (primary N) is 1. The van der Waals surface area contributed by atoms with Crippen molar-refractivity contribution in [3.63, 3.8) is 0 Å². The minimum absolute atomic E-state index is 0.0947. The van der Waals surface area contributed by atoms with Gasteiger partial charge in [0.2, 0.25) is 0 Å². The van der Waals surface area contributed by atoms with Gasteiger partial charge in [-0.3, -0.25) is 0 Å². The first-order valence-corrected chi connectivity index (χ1v) is 4.74. The molecule has 1 rings (SSSR count). The molecule has 86 valence electrons. The molecule has 0 aliphatic carbocycles. The van der Waals surface area contributed by atoms with Gasteiger partial charge in [-0.05, 0) is 5.92 Å². The lowest BCUT2D eigenvalue weighted by molar-refractivity contribution is -0.141. The highest BCUT2D eigenvalue weighted by Gasteiger charge is 2.33. The van der Waals surface area contributed by atoms with E-state index >= 15 is 0 Å². The van der Waals surface area contributed by atoms with Crippen molar-refractivity contribution in [1.82, 2.24) is 9.97 Å². The van der Waals surface area contributed by atoms with E-state index in [9.17, 15) is 13.2 Å². The van der Waals surface area contributed by atoms with Crippen molar-refractivity contribution in [1.29, 1.82) is 0 Å². The molecule has 0 radical (unpaired) electrons. The van der Waals surface area contributed by atoms with Gasteiger partial charge >= 0.3 is 6.18 Å². The van der Waals surface area contributed by atoms with E-state index in [-0.39, 0.29) is 11.7 Å². The average molecular weight is 221 g/mol. The van der Waals surface area contributed by atoms with Crippen LogP contribution in [0, 0.1) is 5.92 Å². The summed E-state index contributed by atoms with van der Waals surface area (Å²) in [6.45, 7) is 3.80. The maximum Gasteiger partial charge on any atom is 0.432 e. The Morgan fingerprint density at radius 3 is 2.53 bits per heavy atom. The molecule has 0 saturated carbocycles. The molecule has 6 heteroatoms. The third-order valence-corrected chi connectivity index (χ3v) is 2.47. The fourth-order valence-corrected chi connectivity index (χ4v) is 1.17. The summed E-state index contributed by atoms with van der Waals surface area (Å²) in [6, 6.07) is -0.480. The molecule has 3 nitrogen and oxygen atoms in total. The Balaban J connectivity index is 2.85. The van der Waals surface area contributed by atoms with Gasteiger partial charge < -0.3 is 10.7 Å². The number of nitrogens with zero attached hydrogens (tertiary/aromatic N) is 1. The van der Waals surface area contributed by atoms with Crippen molar-refractivity contribution in [2.24, 2.45) is 11.7 Å².